The van der Waals surface area contributed by atoms with Crippen LogP contribution in [0.25, 0.3) is 0 Å². The third kappa shape index (κ3) is 8.60. The number of benzene rings is 1. The number of aliphatic hydroxyl groups is 1. The van der Waals surface area contributed by atoms with Gasteiger partial charge in [0.2, 0.25) is 0 Å². The van der Waals surface area contributed by atoms with Crippen LogP contribution in [-0.4, -0.2) is 80.7 Å². The van der Waals surface area contributed by atoms with Crippen LogP contribution in [0.1, 0.15) is 19.4 Å². The summed E-state index contributed by atoms with van der Waals surface area (Å²) in [5.41, 5.74) is 0.337. The van der Waals surface area contributed by atoms with Crippen LogP contribution in [-0.2, 0) is 4.74 Å². The van der Waals surface area contributed by atoms with Crippen molar-refractivity contribution >= 4 is 5.96 Å². The molecule has 152 valence electrons. The number of morpholine rings is 1. The number of rotatable bonds is 9. The highest BCUT2D eigenvalue weighted by Gasteiger charge is 2.25. The van der Waals surface area contributed by atoms with Gasteiger partial charge in [-0.2, -0.15) is 0 Å². The molecule has 0 radical (unpaired) electrons. The van der Waals surface area contributed by atoms with Gasteiger partial charge in [-0.15, -0.1) is 0 Å². The lowest BCUT2D eigenvalue weighted by Crippen LogP contribution is -2.48. The highest BCUT2D eigenvalue weighted by Crippen LogP contribution is 2.11. The minimum absolute atomic E-state index is 0.332. The Morgan fingerprint density at radius 2 is 1.96 bits per heavy atom. The molecule has 0 aliphatic carbocycles. The fraction of sp³-hybridized carbons (Fsp3) is 0.650. The second-order valence-electron chi connectivity index (χ2n) is 7.17. The molecule has 3 N–H and O–H groups in total. The average molecular weight is 379 g/mol. The number of β-amino-alcohol motifs (C(OH)–C–C–N with tert-alkyl or cyclic N) is 1. The van der Waals surface area contributed by atoms with Gasteiger partial charge in [-0.3, -0.25) is 9.89 Å². The van der Waals surface area contributed by atoms with E-state index in [1.165, 1.54) is 5.56 Å². The lowest BCUT2D eigenvalue weighted by Gasteiger charge is -2.33. The maximum Gasteiger partial charge on any atom is 0.191 e. The van der Waals surface area contributed by atoms with Crippen molar-refractivity contribution < 1.29 is 14.6 Å². The number of ether oxygens (including phenoxy) is 2. The predicted octanol–water partition coefficient (Wildman–Crippen LogP) is 1.01. The van der Waals surface area contributed by atoms with E-state index in [0.717, 1.165) is 38.6 Å². The van der Waals surface area contributed by atoms with Crippen LogP contribution in [0.4, 0.5) is 0 Å². The van der Waals surface area contributed by atoms with Crippen LogP contribution < -0.4 is 15.4 Å². The molecule has 1 aromatic carbocycles. The van der Waals surface area contributed by atoms with Crippen molar-refractivity contribution in [3.05, 3.63) is 29.8 Å². The van der Waals surface area contributed by atoms with E-state index in [1.54, 1.807) is 0 Å². The van der Waals surface area contributed by atoms with Crippen molar-refractivity contribution in [1.82, 2.24) is 15.5 Å². The maximum absolute atomic E-state index is 10.7. The first-order valence-electron chi connectivity index (χ1n) is 9.72. The van der Waals surface area contributed by atoms with E-state index in [2.05, 4.69) is 27.4 Å². The van der Waals surface area contributed by atoms with Gasteiger partial charge in [0.25, 0.3) is 0 Å². The molecule has 0 saturated carbocycles. The predicted molar refractivity (Wildman–Crippen MR) is 109 cm³/mol. The smallest absolute Gasteiger partial charge is 0.191 e. The van der Waals surface area contributed by atoms with Gasteiger partial charge in [0.15, 0.2) is 5.96 Å². The number of nitrogens with one attached hydrogen (secondary N) is 2. The van der Waals surface area contributed by atoms with Crippen LogP contribution in [0, 0.1) is 6.92 Å². The molecule has 1 aliphatic heterocycles. The number of guanidine groups is 1. The Balaban J connectivity index is 1.75. The first-order chi connectivity index (χ1) is 13.0. The van der Waals surface area contributed by atoms with Gasteiger partial charge in [-0.05, 0) is 32.9 Å². The first-order valence-corrected chi connectivity index (χ1v) is 9.72. The quantitative estimate of drug-likeness (QED) is 0.338. The monoisotopic (exact) mass is 378 g/mol. The van der Waals surface area contributed by atoms with E-state index in [4.69, 9.17) is 9.47 Å². The Morgan fingerprint density at radius 1 is 1.26 bits per heavy atom. The number of nitrogens with zero attached hydrogens (tertiary/aromatic N) is 2. The van der Waals surface area contributed by atoms with Gasteiger partial charge in [0, 0.05) is 26.2 Å². The normalized spacial score (nSPS) is 18.0. The molecule has 1 heterocycles. The third-order valence-electron chi connectivity index (χ3n) is 4.27. The molecule has 2 rings (SSSR count). The molecule has 7 heteroatoms. The van der Waals surface area contributed by atoms with Crippen LogP contribution in [0.2, 0.25) is 0 Å². The highest BCUT2D eigenvalue weighted by molar-refractivity contribution is 5.79. The van der Waals surface area contributed by atoms with Crippen LogP contribution in [0.5, 0.6) is 5.75 Å². The topological polar surface area (TPSA) is 78.4 Å². The van der Waals surface area contributed by atoms with Crippen molar-refractivity contribution in [1.29, 1.82) is 0 Å². The molecule has 1 aliphatic rings. The number of aryl methyl sites for hydroxylation is 1. The molecule has 1 aromatic rings. The second kappa shape index (κ2) is 11.1. The fourth-order valence-electron chi connectivity index (χ4n) is 2.85. The van der Waals surface area contributed by atoms with Gasteiger partial charge < -0.3 is 25.2 Å². The zero-order chi connectivity index (χ0) is 19.5. The molecule has 0 amide bonds. The summed E-state index contributed by atoms with van der Waals surface area (Å²) in [6, 6.07) is 8.00. The van der Waals surface area contributed by atoms with Crippen LogP contribution >= 0.6 is 0 Å². The molecule has 0 spiro atoms. The molecule has 1 atom stereocenters. The summed E-state index contributed by atoms with van der Waals surface area (Å²) in [5.74, 6) is 1.55. The molecule has 7 nitrogen and oxygen atoms in total. The van der Waals surface area contributed by atoms with Gasteiger partial charge in [-0.1, -0.05) is 17.7 Å². The zero-order valence-corrected chi connectivity index (χ0v) is 16.8. The van der Waals surface area contributed by atoms with E-state index < -0.39 is 5.60 Å². The Morgan fingerprint density at radius 3 is 2.63 bits per heavy atom. The summed E-state index contributed by atoms with van der Waals surface area (Å²) in [6.07, 6.45) is 0. The molecule has 0 aromatic heterocycles. The summed E-state index contributed by atoms with van der Waals surface area (Å²) >= 11 is 0. The number of hydrogen-bond acceptors (Lipinski definition) is 5. The largest absolute Gasteiger partial charge is 0.492 e. The van der Waals surface area contributed by atoms with Crippen LogP contribution in [0.3, 0.4) is 0 Å². The highest BCUT2D eigenvalue weighted by atomic mass is 16.5. The van der Waals surface area contributed by atoms with Crippen molar-refractivity contribution in [2.24, 2.45) is 4.99 Å². The summed E-state index contributed by atoms with van der Waals surface area (Å²) in [6.45, 7) is 11.9. The average Bonchev–Trinajstić information content (AvgIpc) is 2.65. The zero-order valence-electron chi connectivity index (χ0n) is 16.8. The van der Waals surface area contributed by atoms with E-state index in [-0.39, 0.29) is 0 Å². The summed E-state index contributed by atoms with van der Waals surface area (Å²) in [4.78, 5) is 6.75. The summed E-state index contributed by atoms with van der Waals surface area (Å²) in [7, 11) is 0. The Kier molecular flexibility index (Phi) is 8.84. The van der Waals surface area contributed by atoms with E-state index >= 15 is 0 Å². The third-order valence-corrected chi connectivity index (χ3v) is 4.27. The van der Waals surface area contributed by atoms with Gasteiger partial charge >= 0.3 is 0 Å². The maximum atomic E-state index is 10.7. The Labute approximate surface area is 162 Å². The molecular formula is C20H34N4O3. The van der Waals surface area contributed by atoms with E-state index in [1.807, 2.05) is 38.1 Å². The Hall–Kier alpha value is -1.83. The standard InChI is InChI=1S/C20H34N4O3/c1-4-21-19(22-9-12-27-18-7-5-17(2)6-8-18)23-15-20(3,25)16-24-10-13-26-14-11-24/h5-8,25H,4,9-16H2,1-3H3,(H2,21,22,23). The molecule has 1 saturated heterocycles. The van der Waals surface area contributed by atoms with E-state index in [0.29, 0.717) is 32.2 Å². The molecule has 27 heavy (non-hydrogen) atoms. The lowest BCUT2D eigenvalue weighted by atomic mass is 10.1. The van der Waals surface area contributed by atoms with Crippen molar-refractivity contribution in [3.8, 4) is 5.75 Å². The molecule has 0 bridgehead atoms. The van der Waals surface area contributed by atoms with Crippen molar-refractivity contribution in [3.63, 3.8) is 0 Å². The molecule has 1 unspecified atom stereocenters. The minimum atomic E-state index is -0.877. The summed E-state index contributed by atoms with van der Waals surface area (Å²) in [5, 5.41) is 17.1. The van der Waals surface area contributed by atoms with E-state index in [9.17, 15) is 5.11 Å². The van der Waals surface area contributed by atoms with Gasteiger partial charge in [0.05, 0.1) is 31.9 Å². The van der Waals surface area contributed by atoms with Crippen LogP contribution in [0.15, 0.2) is 29.3 Å². The number of aliphatic imine (C=N–C) groups is 1. The fourth-order valence-corrected chi connectivity index (χ4v) is 2.85. The minimum Gasteiger partial charge on any atom is -0.492 e. The van der Waals surface area contributed by atoms with Gasteiger partial charge in [0.1, 0.15) is 12.4 Å². The van der Waals surface area contributed by atoms with Crippen molar-refractivity contribution in [2.45, 2.75) is 26.4 Å². The lowest BCUT2D eigenvalue weighted by molar-refractivity contribution is -0.0179. The SMILES string of the molecule is CCNC(=NCC(C)(O)CN1CCOCC1)NCCOc1ccc(C)cc1. The Bertz CT molecular complexity index is 569. The van der Waals surface area contributed by atoms with Gasteiger partial charge in [-0.25, -0.2) is 0 Å². The molecular weight excluding hydrogens is 344 g/mol. The number of hydrogen-bond donors (Lipinski definition) is 3. The van der Waals surface area contributed by atoms with Crippen molar-refractivity contribution in [2.75, 3.05) is 59.1 Å². The second-order valence-corrected chi connectivity index (χ2v) is 7.17. The summed E-state index contributed by atoms with van der Waals surface area (Å²) < 4.78 is 11.1. The molecule has 1 fully saturated rings. The first kappa shape index (κ1) is 21.5.